The molecule has 0 unspecified atom stereocenters. The van der Waals surface area contributed by atoms with E-state index in [9.17, 15) is 9.59 Å². The monoisotopic (exact) mass is 445 g/mol. The lowest BCUT2D eigenvalue weighted by atomic mass is 9.67. The second-order valence-electron chi connectivity index (χ2n) is 10.7. The summed E-state index contributed by atoms with van der Waals surface area (Å²) in [6, 6.07) is 6.38. The van der Waals surface area contributed by atoms with Crippen LogP contribution in [0.15, 0.2) is 30.0 Å². The van der Waals surface area contributed by atoms with Gasteiger partial charge in [-0.1, -0.05) is 58.4 Å². The van der Waals surface area contributed by atoms with Gasteiger partial charge >= 0.3 is 5.97 Å². The molecule has 0 aromatic heterocycles. The third-order valence-corrected chi connectivity index (χ3v) is 7.69. The molecule has 1 aromatic carbocycles. The van der Waals surface area contributed by atoms with E-state index in [0.717, 1.165) is 29.0 Å². The van der Waals surface area contributed by atoms with Crippen molar-refractivity contribution in [2.45, 2.75) is 84.5 Å². The van der Waals surface area contributed by atoms with Crippen molar-refractivity contribution in [3.8, 4) is 0 Å². The number of carboxylic acids is 1. The van der Waals surface area contributed by atoms with Crippen LogP contribution in [0.3, 0.4) is 0 Å². The van der Waals surface area contributed by atoms with Gasteiger partial charge in [0.15, 0.2) is 0 Å². The highest BCUT2D eigenvalue weighted by Gasteiger charge is 2.40. The van der Waals surface area contributed by atoms with Gasteiger partial charge in [-0.25, -0.2) is 0 Å². The maximum absolute atomic E-state index is 12.9. The molecule has 3 rings (SSSR count). The largest absolute Gasteiger partial charge is 0.481 e. The Bertz CT molecular complexity index is 879. The first-order chi connectivity index (χ1) is 14.4. The standard InChI is InChI=1S/C26H36ClNO3/c1-17(2)21-16-28(13-10-24(30)31)23(29)15-26(21,5)19-6-7-20(22(27)14-19)18-8-11-25(3,4)12-9-18/h6-7,14,16-18H,8-13,15H2,1-5H3,(H,30,31)/t26-/m0/s1. The van der Waals surface area contributed by atoms with Gasteiger partial charge in [0.25, 0.3) is 0 Å². The van der Waals surface area contributed by atoms with Gasteiger partial charge in [-0.3, -0.25) is 9.59 Å². The Morgan fingerprint density at radius 2 is 1.87 bits per heavy atom. The Morgan fingerprint density at radius 1 is 1.23 bits per heavy atom. The molecule has 1 saturated carbocycles. The second-order valence-corrected chi connectivity index (χ2v) is 11.1. The van der Waals surface area contributed by atoms with Gasteiger partial charge in [0, 0.05) is 29.6 Å². The van der Waals surface area contributed by atoms with E-state index in [-0.39, 0.29) is 24.8 Å². The summed E-state index contributed by atoms with van der Waals surface area (Å²) < 4.78 is 0. The Kier molecular flexibility index (Phi) is 6.90. The summed E-state index contributed by atoms with van der Waals surface area (Å²) in [5.74, 6) is -0.205. The molecule has 1 amide bonds. The number of hydrogen-bond acceptors (Lipinski definition) is 2. The first kappa shape index (κ1) is 23.8. The molecule has 31 heavy (non-hydrogen) atoms. The first-order valence-electron chi connectivity index (χ1n) is 11.5. The van der Waals surface area contributed by atoms with Crippen LogP contribution in [-0.2, 0) is 15.0 Å². The zero-order chi connectivity index (χ0) is 23.0. The van der Waals surface area contributed by atoms with Crippen molar-refractivity contribution in [3.63, 3.8) is 0 Å². The van der Waals surface area contributed by atoms with Crippen molar-refractivity contribution in [3.05, 3.63) is 46.1 Å². The molecule has 0 bridgehead atoms. The van der Waals surface area contributed by atoms with Crippen molar-refractivity contribution < 1.29 is 14.7 Å². The zero-order valence-corrected chi connectivity index (χ0v) is 20.3. The fraction of sp³-hybridized carbons (Fsp3) is 0.615. The zero-order valence-electron chi connectivity index (χ0n) is 19.5. The van der Waals surface area contributed by atoms with Crippen molar-refractivity contribution in [1.29, 1.82) is 0 Å². The van der Waals surface area contributed by atoms with Gasteiger partial charge in [-0.05, 0) is 65.7 Å². The number of nitrogens with zero attached hydrogens (tertiary/aromatic N) is 1. The summed E-state index contributed by atoms with van der Waals surface area (Å²) in [6.45, 7) is 11.2. The van der Waals surface area contributed by atoms with Crippen LogP contribution < -0.4 is 0 Å². The lowest BCUT2D eigenvalue weighted by molar-refractivity contribution is -0.138. The number of benzene rings is 1. The number of carbonyl (C=O) groups excluding carboxylic acids is 1. The predicted octanol–water partition coefficient (Wildman–Crippen LogP) is 6.53. The molecule has 0 spiro atoms. The SMILES string of the molecule is CC(C)C1=CN(CCC(=O)O)C(=O)C[C@@]1(C)c1ccc(C2CCC(C)(C)CC2)c(Cl)c1. The Morgan fingerprint density at radius 3 is 2.42 bits per heavy atom. The molecular weight excluding hydrogens is 410 g/mol. The average Bonchev–Trinajstić information content (AvgIpc) is 2.67. The molecule has 1 aliphatic carbocycles. The quantitative estimate of drug-likeness (QED) is 0.541. The van der Waals surface area contributed by atoms with E-state index in [0.29, 0.717) is 17.8 Å². The number of rotatable bonds is 6. The van der Waals surface area contributed by atoms with E-state index in [2.05, 4.69) is 52.8 Å². The van der Waals surface area contributed by atoms with E-state index in [1.54, 1.807) is 4.90 Å². The number of allylic oxidation sites excluding steroid dienone is 1. The van der Waals surface area contributed by atoms with Crippen LogP contribution in [0.25, 0.3) is 0 Å². The van der Waals surface area contributed by atoms with Crippen LogP contribution in [0.4, 0.5) is 0 Å². The third-order valence-electron chi connectivity index (χ3n) is 7.36. The topological polar surface area (TPSA) is 57.6 Å². The van der Waals surface area contributed by atoms with E-state index in [1.807, 2.05) is 6.20 Å². The Labute approximate surface area is 191 Å². The Hall–Kier alpha value is -1.81. The fourth-order valence-electron chi connectivity index (χ4n) is 5.26. The van der Waals surface area contributed by atoms with E-state index in [4.69, 9.17) is 16.7 Å². The molecule has 1 aromatic rings. The van der Waals surface area contributed by atoms with Crippen LogP contribution in [-0.4, -0.2) is 28.4 Å². The van der Waals surface area contributed by atoms with Gasteiger partial charge in [0.1, 0.15) is 0 Å². The molecule has 0 radical (unpaired) electrons. The number of carbonyl (C=O) groups is 2. The van der Waals surface area contributed by atoms with E-state index in [1.165, 1.54) is 18.4 Å². The van der Waals surface area contributed by atoms with E-state index >= 15 is 0 Å². The lowest BCUT2D eigenvalue weighted by Crippen LogP contribution is -2.42. The molecule has 4 nitrogen and oxygen atoms in total. The molecule has 1 atom stereocenters. The molecule has 5 heteroatoms. The minimum atomic E-state index is -0.894. The molecule has 1 aliphatic heterocycles. The Balaban J connectivity index is 1.89. The van der Waals surface area contributed by atoms with Crippen LogP contribution in [0.2, 0.25) is 5.02 Å². The highest BCUT2D eigenvalue weighted by atomic mass is 35.5. The second kappa shape index (κ2) is 8.97. The van der Waals surface area contributed by atoms with Gasteiger partial charge in [-0.15, -0.1) is 0 Å². The van der Waals surface area contributed by atoms with Gasteiger partial charge < -0.3 is 10.0 Å². The van der Waals surface area contributed by atoms with Crippen molar-refractivity contribution in [1.82, 2.24) is 4.90 Å². The molecule has 2 aliphatic rings. The maximum atomic E-state index is 12.9. The molecule has 1 fully saturated rings. The number of hydrogen-bond donors (Lipinski definition) is 1. The summed E-state index contributed by atoms with van der Waals surface area (Å²) in [5.41, 5.74) is 3.40. The summed E-state index contributed by atoms with van der Waals surface area (Å²) in [7, 11) is 0. The number of halogens is 1. The van der Waals surface area contributed by atoms with E-state index < -0.39 is 11.4 Å². The van der Waals surface area contributed by atoms with Crippen LogP contribution >= 0.6 is 11.6 Å². The molecule has 1 heterocycles. The van der Waals surface area contributed by atoms with Gasteiger partial charge in [-0.2, -0.15) is 0 Å². The minimum Gasteiger partial charge on any atom is -0.481 e. The lowest BCUT2D eigenvalue weighted by Gasteiger charge is -2.41. The van der Waals surface area contributed by atoms with Crippen LogP contribution in [0.5, 0.6) is 0 Å². The number of aliphatic carboxylic acids is 1. The van der Waals surface area contributed by atoms with Crippen molar-refractivity contribution in [2.75, 3.05) is 6.54 Å². The predicted molar refractivity (Wildman–Crippen MR) is 125 cm³/mol. The average molecular weight is 446 g/mol. The molecule has 1 N–H and O–H groups in total. The molecular formula is C26H36ClNO3. The summed E-state index contributed by atoms with van der Waals surface area (Å²) in [4.78, 5) is 25.4. The molecule has 170 valence electrons. The summed E-state index contributed by atoms with van der Waals surface area (Å²) in [5, 5.41) is 9.80. The normalized spacial score (nSPS) is 24.4. The third kappa shape index (κ3) is 5.16. The number of amides is 1. The van der Waals surface area contributed by atoms with Crippen LogP contribution in [0, 0.1) is 11.3 Å². The first-order valence-corrected chi connectivity index (χ1v) is 11.8. The van der Waals surface area contributed by atoms with Gasteiger partial charge in [0.05, 0.1) is 6.42 Å². The summed E-state index contributed by atoms with van der Waals surface area (Å²) >= 11 is 6.81. The van der Waals surface area contributed by atoms with Crippen molar-refractivity contribution >= 4 is 23.5 Å². The number of carboxylic acid groups (broad SMARTS) is 1. The summed E-state index contributed by atoms with van der Waals surface area (Å²) in [6.07, 6.45) is 6.91. The minimum absolute atomic E-state index is 0.0390. The van der Waals surface area contributed by atoms with Crippen molar-refractivity contribution in [2.24, 2.45) is 11.3 Å². The van der Waals surface area contributed by atoms with Gasteiger partial charge in [0.2, 0.25) is 5.91 Å². The molecule has 0 saturated heterocycles. The highest BCUT2D eigenvalue weighted by Crippen LogP contribution is 2.47. The highest BCUT2D eigenvalue weighted by molar-refractivity contribution is 6.31. The van der Waals surface area contributed by atoms with Crippen LogP contribution in [0.1, 0.15) is 90.2 Å². The maximum Gasteiger partial charge on any atom is 0.305 e. The smallest absolute Gasteiger partial charge is 0.305 e. The fourth-order valence-corrected chi connectivity index (χ4v) is 5.60.